The van der Waals surface area contributed by atoms with Gasteiger partial charge in [-0.1, -0.05) is 12.1 Å². The van der Waals surface area contributed by atoms with E-state index in [4.69, 9.17) is 5.73 Å². The van der Waals surface area contributed by atoms with E-state index < -0.39 is 6.04 Å². The van der Waals surface area contributed by atoms with Gasteiger partial charge in [-0.3, -0.25) is 4.79 Å². The van der Waals surface area contributed by atoms with E-state index in [1.165, 1.54) is 0 Å². The second-order valence-electron chi connectivity index (χ2n) is 4.71. The first-order chi connectivity index (χ1) is 10.1. The molecule has 22 heavy (non-hydrogen) atoms. The highest BCUT2D eigenvalue weighted by atomic mass is 35.5. The van der Waals surface area contributed by atoms with Crippen molar-refractivity contribution in [1.29, 1.82) is 0 Å². The minimum Gasteiger partial charge on any atom is -0.325 e. The monoisotopic (exact) mass is 357 g/mol. The third kappa shape index (κ3) is 5.28. The summed E-state index contributed by atoms with van der Waals surface area (Å²) in [4.78, 5) is 16.4. The number of carbonyl (C=O) groups is 1. The number of thiazole rings is 1. The first-order valence-electron chi connectivity index (χ1n) is 6.68. The minimum atomic E-state index is -0.460. The number of aromatic nitrogens is 1. The van der Waals surface area contributed by atoms with Crippen LogP contribution in [0.25, 0.3) is 11.3 Å². The third-order valence-electron chi connectivity index (χ3n) is 3.04. The van der Waals surface area contributed by atoms with Crippen LogP contribution in [0.4, 0.5) is 5.69 Å². The highest BCUT2D eigenvalue weighted by Gasteiger charge is 2.13. The van der Waals surface area contributed by atoms with Gasteiger partial charge in [0.25, 0.3) is 0 Å². The number of hydrogen-bond donors (Lipinski definition) is 2. The molecule has 1 heterocycles. The first kappa shape index (κ1) is 19.0. The van der Waals surface area contributed by atoms with Gasteiger partial charge in [0.2, 0.25) is 5.91 Å². The lowest BCUT2D eigenvalue weighted by molar-refractivity contribution is -0.117. The molecule has 0 saturated heterocycles. The van der Waals surface area contributed by atoms with Crippen molar-refractivity contribution in [3.63, 3.8) is 0 Å². The van der Waals surface area contributed by atoms with Crippen LogP contribution >= 0.6 is 35.5 Å². The summed E-state index contributed by atoms with van der Waals surface area (Å²) in [6.07, 6.45) is 2.69. The zero-order chi connectivity index (χ0) is 15.2. The van der Waals surface area contributed by atoms with Crippen molar-refractivity contribution < 1.29 is 4.79 Å². The number of halogens is 1. The molecule has 0 radical (unpaired) electrons. The average Bonchev–Trinajstić information content (AvgIpc) is 2.92. The Balaban J connectivity index is 0.00000242. The van der Waals surface area contributed by atoms with Gasteiger partial charge < -0.3 is 11.1 Å². The largest absolute Gasteiger partial charge is 0.325 e. The molecular formula is C15H20ClN3OS2. The van der Waals surface area contributed by atoms with Gasteiger partial charge >= 0.3 is 0 Å². The standard InChI is InChI=1S/C15H19N3OS2.ClH/c1-10-17-14(9-21-10)11-3-5-12(6-4-11)18-15(19)13(16)7-8-20-2;/h3-6,9,13H,7-8,16H2,1-2H3,(H,18,19);1H/t13-;/m0./s1. The maximum atomic E-state index is 11.9. The van der Waals surface area contributed by atoms with E-state index in [1.54, 1.807) is 23.1 Å². The number of carbonyl (C=O) groups excluding carboxylic acids is 1. The normalized spacial score (nSPS) is 11.6. The Labute approximate surface area is 145 Å². The van der Waals surface area contributed by atoms with E-state index >= 15 is 0 Å². The van der Waals surface area contributed by atoms with Crippen LogP contribution in [0, 0.1) is 6.92 Å². The Morgan fingerprint density at radius 3 is 2.64 bits per heavy atom. The SMILES string of the molecule is CSCC[C@H](N)C(=O)Nc1ccc(-c2csc(C)n2)cc1.Cl. The van der Waals surface area contributed by atoms with E-state index in [2.05, 4.69) is 10.3 Å². The van der Waals surface area contributed by atoms with Crippen molar-refractivity contribution in [3.8, 4) is 11.3 Å². The number of benzene rings is 1. The number of amides is 1. The van der Waals surface area contributed by atoms with E-state index in [1.807, 2.05) is 42.8 Å². The molecule has 0 spiro atoms. The first-order valence-corrected chi connectivity index (χ1v) is 8.95. The van der Waals surface area contributed by atoms with Crippen LogP contribution in [0.1, 0.15) is 11.4 Å². The molecule has 2 aromatic rings. The zero-order valence-corrected chi connectivity index (χ0v) is 15.0. The fourth-order valence-corrected chi connectivity index (χ4v) is 2.94. The van der Waals surface area contributed by atoms with E-state index in [-0.39, 0.29) is 18.3 Å². The Bertz CT molecular complexity index is 601. The summed E-state index contributed by atoms with van der Waals surface area (Å²) in [5.74, 6) is 0.748. The Kier molecular flexibility index (Phi) is 7.89. The number of nitrogens with one attached hydrogen (secondary N) is 1. The molecule has 2 rings (SSSR count). The third-order valence-corrected chi connectivity index (χ3v) is 4.45. The van der Waals surface area contributed by atoms with Crippen molar-refractivity contribution >= 4 is 47.1 Å². The van der Waals surface area contributed by atoms with Crippen molar-refractivity contribution in [3.05, 3.63) is 34.7 Å². The van der Waals surface area contributed by atoms with E-state index in [0.29, 0.717) is 6.42 Å². The number of rotatable bonds is 6. The van der Waals surface area contributed by atoms with Crippen LogP contribution in [0.2, 0.25) is 0 Å². The Morgan fingerprint density at radius 1 is 1.41 bits per heavy atom. The summed E-state index contributed by atoms with van der Waals surface area (Å²) in [6, 6.07) is 7.21. The molecule has 1 aromatic heterocycles. The number of aryl methyl sites for hydroxylation is 1. The fraction of sp³-hybridized carbons (Fsp3) is 0.333. The van der Waals surface area contributed by atoms with Gasteiger partial charge in [-0.15, -0.1) is 23.7 Å². The molecule has 1 amide bonds. The number of nitrogens with zero attached hydrogens (tertiary/aromatic N) is 1. The van der Waals surface area contributed by atoms with Crippen LogP contribution in [0.15, 0.2) is 29.6 Å². The van der Waals surface area contributed by atoms with Gasteiger partial charge in [-0.25, -0.2) is 4.98 Å². The van der Waals surface area contributed by atoms with E-state index in [0.717, 1.165) is 27.7 Å². The van der Waals surface area contributed by atoms with Crippen LogP contribution in [-0.2, 0) is 4.79 Å². The minimum absolute atomic E-state index is 0. The summed E-state index contributed by atoms with van der Waals surface area (Å²) in [6.45, 7) is 1.98. The lowest BCUT2D eigenvalue weighted by Gasteiger charge is -2.11. The van der Waals surface area contributed by atoms with Crippen LogP contribution in [0.3, 0.4) is 0 Å². The number of anilines is 1. The predicted molar refractivity (Wildman–Crippen MR) is 99.1 cm³/mol. The van der Waals surface area contributed by atoms with Crippen LogP contribution in [0.5, 0.6) is 0 Å². The molecule has 1 aromatic carbocycles. The average molecular weight is 358 g/mol. The van der Waals surface area contributed by atoms with Crippen molar-refractivity contribution in [2.75, 3.05) is 17.3 Å². The predicted octanol–water partition coefficient (Wildman–Crippen LogP) is 3.56. The van der Waals surface area contributed by atoms with Gasteiger partial charge in [-0.2, -0.15) is 11.8 Å². The van der Waals surface area contributed by atoms with Crippen molar-refractivity contribution in [2.24, 2.45) is 5.73 Å². The fourth-order valence-electron chi connectivity index (χ4n) is 1.83. The Morgan fingerprint density at radius 2 is 2.09 bits per heavy atom. The smallest absolute Gasteiger partial charge is 0.241 e. The highest BCUT2D eigenvalue weighted by Crippen LogP contribution is 2.23. The van der Waals surface area contributed by atoms with Crippen molar-refractivity contribution in [1.82, 2.24) is 4.98 Å². The maximum Gasteiger partial charge on any atom is 0.241 e. The second kappa shape index (κ2) is 9.15. The van der Waals surface area contributed by atoms with Gasteiger partial charge in [0.1, 0.15) is 0 Å². The molecule has 4 nitrogen and oxygen atoms in total. The summed E-state index contributed by atoms with van der Waals surface area (Å²) >= 11 is 3.32. The quantitative estimate of drug-likeness (QED) is 0.829. The molecule has 7 heteroatoms. The second-order valence-corrected chi connectivity index (χ2v) is 6.75. The van der Waals surface area contributed by atoms with Crippen LogP contribution < -0.4 is 11.1 Å². The van der Waals surface area contributed by atoms with Gasteiger partial charge in [0, 0.05) is 16.6 Å². The molecule has 120 valence electrons. The maximum absolute atomic E-state index is 11.9. The highest BCUT2D eigenvalue weighted by molar-refractivity contribution is 7.98. The molecule has 0 aliphatic carbocycles. The summed E-state index contributed by atoms with van der Waals surface area (Å²) in [7, 11) is 0. The summed E-state index contributed by atoms with van der Waals surface area (Å²) in [5, 5.41) is 5.92. The molecule has 0 aliphatic rings. The van der Waals surface area contributed by atoms with Gasteiger partial charge in [0.05, 0.1) is 16.7 Å². The molecule has 3 N–H and O–H groups in total. The molecule has 0 saturated carbocycles. The van der Waals surface area contributed by atoms with E-state index in [9.17, 15) is 4.79 Å². The molecular weight excluding hydrogens is 338 g/mol. The lowest BCUT2D eigenvalue weighted by atomic mass is 10.1. The lowest BCUT2D eigenvalue weighted by Crippen LogP contribution is -2.36. The molecule has 0 fully saturated rings. The summed E-state index contributed by atoms with van der Waals surface area (Å²) in [5.41, 5.74) is 8.61. The zero-order valence-electron chi connectivity index (χ0n) is 12.5. The number of nitrogens with two attached hydrogens (primary N) is 1. The number of thioether (sulfide) groups is 1. The van der Waals surface area contributed by atoms with Gasteiger partial charge in [-0.05, 0) is 37.5 Å². The topological polar surface area (TPSA) is 68.0 Å². The number of hydrogen-bond acceptors (Lipinski definition) is 5. The van der Waals surface area contributed by atoms with Crippen molar-refractivity contribution in [2.45, 2.75) is 19.4 Å². The van der Waals surface area contributed by atoms with Gasteiger partial charge in [0.15, 0.2) is 0 Å². The van der Waals surface area contributed by atoms with Crippen LogP contribution in [-0.4, -0.2) is 28.9 Å². The molecule has 0 bridgehead atoms. The molecule has 1 atom stereocenters. The summed E-state index contributed by atoms with van der Waals surface area (Å²) < 4.78 is 0. The molecule has 0 unspecified atom stereocenters. The molecule has 0 aliphatic heterocycles. The Hall–Kier alpha value is -1.08.